The van der Waals surface area contributed by atoms with Gasteiger partial charge in [0.2, 0.25) is 0 Å². The van der Waals surface area contributed by atoms with Gasteiger partial charge in [0.25, 0.3) is 0 Å². The van der Waals surface area contributed by atoms with Gasteiger partial charge in [-0.25, -0.2) is 0 Å². The third-order valence-corrected chi connectivity index (χ3v) is 3.84. The van der Waals surface area contributed by atoms with E-state index in [1.54, 1.807) is 6.07 Å². The summed E-state index contributed by atoms with van der Waals surface area (Å²) in [7, 11) is 0. The van der Waals surface area contributed by atoms with E-state index in [9.17, 15) is 0 Å². The predicted molar refractivity (Wildman–Crippen MR) is 90.7 cm³/mol. The minimum Gasteiger partial charge on any atom is -0.358 e. The zero-order valence-electron chi connectivity index (χ0n) is 10.9. The molecule has 0 fully saturated rings. The van der Waals surface area contributed by atoms with Crippen LogP contribution < -0.4 is 10.6 Å². The first-order valence-electron chi connectivity index (χ1n) is 6.10. The van der Waals surface area contributed by atoms with Crippen molar-refractivity contribution in [3.63, 3.8) is 0 Å². The molecule has 0 heterocycles. The summed E-state index contributed by atoms with van der Waals surface area (Å²) in [5.74, 6) is 0. The fraction of sp³-hybridized carbons (Fsp3) is 0.133. The molecule has 0 bridgehead atoms. The summed E-state index contributed by atoms with van der Waals surface area (Å²) in [6.45, 7) is 2.72. The lowest BCUT2D eigenvalue weighted by molar-refractivity contribution is 0.925. The van der Waals surface area contributed by atoms with Crippen LogP contribution >= 0.6 is 35.4 Å². The van der Waals surface area contributed by atoms with Crippen LogP contribution in [-0.2, 0) is 6.54 Å². The van der Waals surface area contributed by atoms with E-state index < -0.39 is 0 Å². The zero-order valence-corrected chi connectivity index (χ0v) is 13.2. The highest BCUT2D eigenvalue weighted by atomic mass is 35.5. The molecule has 0 aliphatic rings. The Balaban J connectivity index is 1.92. The fourth-order valence-corrected chi connectivity index (χ4v) is 2.19. The van der Waals surface area contributed by atoms with Gasteiger partial charge in [-0.2, -0.15) is 0 Å². The van der Waals surface area contributed by atoms with E-state index >= 15 is 0 Å². The molecule has 20 heavy (non-hydrogen) atoms. The highest BCUT2D eigenvalue weighted by Crippen LogP contribution is 2.29. The van der Waals surface area contributed by atoms with Gasteiger partial charge < -0.3 is 10.6 Å². The SMILES string of the molecule is Cc1ccc(CNC(=S)Nc2cccc(Cl)c2Cl)cc1. The van der Waals surface area contributed by atoms with E-state index in [0.717, 1.165) is 5.56 Å². The van der Waals surface area contributed by atoms with Crippen LogP contribution in [0.5, 0.6) is 0 Å². The zero-order chi connectivity index (χ0) is 14.5. The van der Waals surface area contributed by atoms with E-state index in [1.807, 2.05) is 12.1 Å². The maximum absolute atomic E-state index is 6.09. The van der Waals surface area contributed by atoms with Crippen molar-refractivity contribution in [2.45, 2.75) is 13.5 Å². The maximum Gasteiger partial charge on any atom is 0.171 e. The lowest BCUT2D eigenvalue weighted by Gasteiger charge is -2.12. The molecule has 2 N–H and O–H groups in total. The Bertz CT molecular complexity index is 612. The molecule has 5 heteroatoms. The van der Waals surface area contributed by atoms with Crippen molar-refractivity contribution in [3.8, 4) is 0 Å². The molecule has 0 amide bonds. The Morgan fingerprint density at radius 2 is 1.80 bits per heavy atom. The quantitative estimate of drug-likeness (QED) is 0.794. The number of rotatable bonds is 3. The van der Waals surface area contributed by atoms with Gasteiger partial charge in [0, 0.05) is 6.54 Å². The molecular weight excluding hydrogens is 311 g/mol. The van der Waals surface area contributed by atoms with Crippen molar-refractivity contribution in [2.24, 2.45) is 0 Å². The average Bonchev–Trinajstić information content (AvgIpc) is 2.43. The molecule has 2 aromatic rings. The predicted octanol–water partition coefficient (Wildman–Crippen LogP) is 4.79. The number of aryl methyl sites for hydroxylation is 1. The molecule has 0 spiro atoms. The number of halogens is 2. The summed E-state index contributed by atoms with van der Waals surface area (Å²) in [5.41, 5.74) is 3.10. The van der Waals surface area contributed by atoms with Crippen molar-refractivity contribution >= 4 is 46.2 Å². The molecule has 0 aromatic heterocycles. The first-order chi connectivity index (χ1) is 9.56. The second-order valence-corrected chi connectivity index (χ2v) is 5.59. The Hall–Kier alpha value is -1.29. The van der Waals surface area contributed by atoms with Crippen LogP contribution in [0.25, 0.3) is 0 Å². The van der Waals surface area contributed by atoms with Crippen molar-refractivity contribution in [2.75, 3.05) is 5.32 Å². The smallest absolute Gasteiger partial charge is 0.171 e. The summed E-state index contributed by atoms with van der Waals surface area (Å²) in [5, 5.41) is 7.64. The monoisotopic (exact) mass is 324 g/mol. The van der Waals surface area contributed by atoms with E-state index in [4.69, 9.17) is 35.4 Å². The van der Waals surface area contributed by atoms with Gasteiger partial charge in [-0.1, -0.05) is 59.1 Å². The molecule has 0 saturated carbocycles. The van der Waals surface area contributed by atoms with Crippen molar-refractivity contribution in [1.82, 2.24) is 5.32 Å². The van der Waals surface area contributed by atoms with Gasteiger partial charge in [0.1, 0.15) is 0 Å². The van der Waals surface area contributed by atoms with Gasteiger partial charge in [-0.3, -0.25) is 0 Å². The average molecular weight is 325 g/mol. The van der Waals surface area contributed by atoms with Crippen LogP contribution in [0.4, 0.5) is 5.69 Å². The second kappa shape index (κ2) is 6.93. The summed E-state index contributed by atoms with van der Waals surface area (Å²) in [4.78, 5) is 0. The maximum atomic E-state index is 6.09. The van der Waals surface area contributed by atoms with Gasteiger partial charge in [-0.05, 0) is 36.8 Å². The minimum atomic E-state index is 0.466. The molecule has 0 unspecified atom stereocenters. The first kappa shape index (κ1) is 15.1. The largest absolute Gasteiger partial charge is 0.358 e. The molecule has 0 aliphatic heterocycles. The van der Waals surface area contributed by atoms with Crippen LogP contribution in [-0.4, -0.2) is 5.11 Å². The van der Waals surface area contributed by atoms with Crippen LogP contribution in [0, 0.1) is 6.92 Å². The summed E-state index contributed by atoms with van der Waals surface area (Å²) in [6.07, 6.45) is 0. The first-order valence-corrected chi connectivity index (χ1v) is 7.27. The minimum absolute atomic E-state index is 0.466. The van der Waals surface area contributed by atoms with Crippen LogP contribution in [0.3, 0.4) is 0 Å². The molecule has 0 atom stereocenters. The molecule has 104 valence electrons. The van der Waals surface area contributed by atoms with Gasteiger partial charge in [0.05, 0.1) is 15.7 Å². The molecule has 0 aliphatic carbocycles. The summed E-state index contributed by atoms with van der Waals surface area (Å²) in [6, 6.07) is 13.7. The van der Waals surface area contributed by atoms with Crippen molar-refractivity contribution in [1.29, 1.82) is 0 Å². The lowest BCUT2D eigenvalue weighted by atomic mass is 10.1. The second-order valence-electron chi connectivity index (χ2n) is 4.39. The van der Waals surface area contributed by atoms with Gasteiger partial charge >= 0.3 is 0 Å². The number of nitrogens with one attached hydrogen (secondary N) is 2. The number of anilines is 1. The van der Waals surface area contributed by atoms with Crippen LogP contribution in [0.15, 0.2) is 42.5 Å². The van der Waals surface area contributed by atoms with E-state index in [1.165, 1.54) is 5.56 Å². The number of hydrogen-bond acceptors (Lipinski definition) is 1. The Morgan fingerprint density at radius 1 is 1.10 bits per heavy atom. The highest BCUT2D eigenvalue weighted by molar-refractivity contribution is 7.80. The Morgan fingerprint density at radius 3 is 2.50 bits per heavy atom. The number of thiocarbonyl (C=S) groups is 1. The van der Waals surface area contributed by atoms with E-state index in [2.05, 4.69) is 41.8 Å². The highest BCUT2D eigenvalue weighted by Gasteiger charge is 2.05. The number of hydrogen-bond donors (Lipinski definition) is 2. The third kappa shape index (κ3) is 4.10. The lowest BCUT2D eigenvalue weighted by Crippen LogP contribution is -2.28. The third-order valence-electron chi connectivity index (χ3n) is 2.77. The molecule has 2 nitrogen and oxygen atoms in total. The number of benzene rings is 2. The molecule has 2 aromatic carbocycles. The summed E-state index contributed by atoms with van der Waals surface area (Å²) < 4.78 is 0. The Labute approximate surface area is 134 Å². The van der Waals surface area contributed by atoms with Crippen LogP contribution in [0.1, 0.15) is 11.1 Å². The van der Waals surface area contributed by atoms with E-state index in [0.29, 0.717) is 27.4 Å². The normalized spacial score (nSPS) is 10.2. The molecule has 0 radical (unpaired) electrons. The Kier molecular flexibility index (Phi) is 5.24. The topological polar surface area (TPSA) is 24.1 Å². The molecular formula is C15H14Cl2N2S. The van der Waals surface area contributed by atoms with Gasteiger partial charge in [-0.15, -0.1) is 0 Å². The van der Waals surface area contributed by atoms with Crippen molar-refractivity contribution in [3.05, 3.63) is 63.6 Å². The standard InChI is InChI=1S/C15H14Cl2N2S/c1-10-5-7-11(8-6-10)9-18-15(20)19-13-4-2-3-12(16)14(13)17/h2-8H,9H2,1H3,(H2,18,19,20). The van der Waals surface area contributed by atoms with Crippen LogP contribution in [0.2, 0.25) is 10.0 Å². The molecule has 2 rings (SSSR count). The van der Waals surface area contributed by atoms with Crippen molar-refractivity contribution < 1.29 is 0 Å². The summed E-state index contributed by atoms with van der Waals surface area (Å²) >= 11 is 17.3. The molecule has 0 saturated heterocycles. The van der Waals surface area contributed by atoms with Gasteiger partial charge in [0.15, 0.2) is 5.11 Å². The fourth-order valence-electron chi connectivity index (χ4n) is 1.66. The van der Waals surface area contributed by atoms with E-state index in [-0.39, 0.29) is 0 Å².